The molecule has 7 nitrogen and oxygen atoms in total. The Morgan fingerprint density at radius 3 is 2.40 bits per heavy atom. The standard InChI is InChI=1S/C18H25N3O4/c1-25-18(4-6-19-7-5-18)17(24)20-8-9-21-15(22)13-11-2-3-12(10-11)14(13)16(21)23/h2-3,11-14,19H,4-10H2,1H3,(H,20,24). The molecule has 2 aliphatic carbocycles. The third-order valence-corrected chi connectivity index (χ3v) is 6.40. The molecular formula is C18H25N3O4. The molecule has 3 amide bonds. The van der Waals surface area contributed by atoms with Gasteiger partial charge in [-0.2, -0.15) is 0 Å². The molecule has 0 aromatic heterocycles. The summed E-state index contributed by atoms with van der Waals surface area (Å²) < 4.78 is 5.49. The Bertz CT molecular complexity index is 596. The number of nitrogens with zero attached hydrogens (tertiary/aromatic N) is 1. The molecule has 0 aromatic rings. The second kappa shape index (κ2) is 6.21. The number of piperidine rings is 1. The van der Waals surface area contributed by atoms with Crippen LogP contribution in [-0.4, -0.2) is 61.5 Å². The summed E-state index contributed by atoms with van der Waals surface area (Å²) in [6.45, 7) is 2.00. The van der Waals surface area contributed by atoms with Gasteiger partial charge in [0.05, 0.1) is 11.8 Å². The fourth-order valence-corrected chi connectivity index (χ4v) is 4.98. The van der Waals surface area contributed by atoms with Crippen LogP contribution in [0.1, 0.15) is 19.3 Å². The zero-order valence-corrected chi connectivity index (χ0v) is 14.5. The van der Waals surface area contributed by atoms with E-state index in [9.17, 15) is 14.4 Å². The molecule has 4 rings (SSSR count). The summed E-state index contributed by atoms with van der Waals surface area (Å²) in [5, 5.41) is 6.08. The van der Waals surface area contributed by atoms with Crippen molar-refractivity contribution in [2.75, 3.05) is 33.3 Å². The van der Waals surface area contributed by atoms with E-state index >= 15 is 0 Å². The van der Waals surface area contributed by atoms with Crippen molar-refractivity contribution in [3.8, 4) is 0 Å². The molecule has 0 radical (unpaired) electrons. The molecule has 4 aliphatic rings. The number of methoxy groups -OCH3 is 1. The summed E-state index contributed by atoms with van der Waals surface area (Å²) in [7, 11) is 1.56. The Balaban J connectivity index is 1.34. The summed E-state index contributed by atoms with van der Waals surface area (Å²) >= 11 is 0. The Labute approximate surface area is 147 Å². The van der Waals surface area contributed by atoms with Gasteiger partial charge in [-0.15, -0.1) is 0 Å². The number of fused-ring (bicyclic) bond motifs is 5. The average Bonchev–Trinajstić information content (AvgIpc) is 3.31. The first-order valence-corrected chi connectivity index (χ1v) is 9.15. The number of nitrogens with one attached hydrogen (secondary N) is 2. The highest BCUT2D eigenvalue weighted by Gasteiger charge is 2.59. The average molecular weight is 347 g/mol. The van der Waals surface area contributed by atoms with Gasteiger partial charge in [-0.25, -0.2) is 0 Å². The van der Waals surface area contributed by atoms with Crippen LogP contribution in [0.25, 0.3) is 0 Å². The van der Waals surface area contributed by atoms with E-state index in [1.165, 1.54) is 4.90 Å². The Kier molecular flexibility index (Phi) is 4.16. The SMILES string of the molecule is COC1(C(=O)NCCN2C(=O)C3C4C=CC(C4)C3C2=O)CCNCC1. The summed E-state index contributed by atoms with van der Waals surface area (Å²) in [5.41, 5.74) is -0.802. The topological polar surface area (TPSA) is 87.7 Å². The quantitative estimate of drug-likeness (QED) is 0.526. The van der Waals surface area contributed by atoms with E-state index in [0.29, 0.717) is 12.8 Å². The molecule has 7 heteroatoms. The molecule has 2 N–H and O–H groups in total. The minimum atomic E-state index is -0.802. The second-order valence-corrected chi connectivity index (χ2v) is 7.53. The molecule has 2 saturated heterocycles. The number of hydrogen-bond donors (Lipinski definition) is 2. The number of amides is 3. The molecule has 3 fully saturated rings. The molecule has 25 heavy (non-hydrogen) atoms. The van der Waals surface area contributed by atoms with E-state index in [1.54, 1.807) is 7.11 Å². The summed E-state index contributed by atoms with van der Waals surface area (Å²) in [6.07, 6.45) is 6.34. The van der Waals surface area contributed by atoms with Crippen molar-refractivity contribution < 1.29 is 19.1 Å². The lowest BCUT2D eigenvalue weighted by Gasteiger charge is -2.34. The maximum atomic E-state index is 12.6. The molecule has 1 saturated carbocycles. The number of carbonyl (C=O) groups excluding carboxylic acids is 3. The minimum Gasteiger partial charge on any atom is -0.368 e. The summed E-state index contributed by atoms with van der Waals surface area (Å²) in [4.78, 5) is 39.1. The van der Waals surface area contributed by atoms with Gasteiger partial charge in [-0.3, -0.25) is 19.3 Å². The van der Waals surface area contributed by atoms with Crippen molar-refractivity contribution >= 4 is 17.7 Å². The first-order chi connectivity index (χ1) is 12.1. The largest absolute Gasteiger partial charge is 0.368 e. The smallest absolute Gasteiger partial charge is 0.252 e. The van der Waals surface area contributed by atoms with Crippen molar-refractivity contribution in [1.29, 1.82) is 0 Å². The van der Waals surface area contributed by atoms with E-state index < -0.39 is 5.60 Å². The zero-order valence-electron chi connectivity index (χ0n) is 14.5. The number of imide groups is 1. The van der Waals surface area contributed by atoms with Gasteiger partial charge in [0.15, 0.2) is 0 Å². The molecule has 4 unspecified atom stereocenters. The number of hydrogen-bond acceptors (Lipinski definition) is 5. The van der Waals surface area contributed by atoms with Crippen LogP contribution in [0.3, 0.4) is 0 Å². The van der Waals surface area contributed by atoms with Gasteiger partial charge < -0.3 is 15.4 Å². The molecule has 0 aromatic carbocycles. The van der Waals surface area contributed by atoms with Crippen molar-refractivity contribution in [2.45, 2.75) is 24.9 Å². The van der Waals surface area contributed by atoms with Gasteiger partial charge in [0.25, 0.3) is 5.91 Å². The predicted octanol–water partition coefficient (Wildman–Crippen LogP) is -0.322. The van der Waals surface area contributed by atoms with Gasteiger partial charge in [0, 0.05) is 20.2 Å². The van der Waals surface area contributed by atoms with Crippen molar-refractivity contribution in [1.82, 2.24) is 15.5 Å². The maximum absolute atomic E-state index is 12.6. The van der Waals surface area contributed by atoms with Crippen LogP contribution >= 0.6 is 0 Å². The van der Waals surface area contributed by atoms with E-state index in [-0.39, 0.29) is 54.5 Å². The van der Waals surface area contributed by atoms with Gasteiger partial charge in [-0.05, 0) is 44.2 Å². The van der Waals surface area contributed by atoms with Gasteiger partial charge in [0.1, 0.15) is 5.60 Å². The van der Waals surface area contributed by atoms with Crippen LogP contribution < -0.4 is 10.6 Å². The number of likely N-dealkylation sites (tertiary alicyclic amines) is 1. The van der Waals surface area contributed by atoms with Crippen LogP contribution in [0.2, 0.25) is 0 Å². The molecule has 2 aliphatic heterocycles. The number of ether oxygens (including phenoxy) is 1. The summed E-state index contributed by atoms with van der Waals surface area (Å²) in [5.74, 6) is -0.192. The summed E-state index contributed by atoms with van der Waals surface area (Å²) in [6, 6.07) is 0. The molecule has 2 heterocycles. The van der Waals surface area contributed by atoms with Crippen LogP contribution in [0, 0.1) is 23.7 Å². The van der Waals surface area contributed by atoms with Crippen molar-refractivity contribution in [2.24, 2.45) is 23.7 Å². The number of carbonyl (C=O) groups is 3. The first-order valence-electron chi connectivity index (χ1n) is 9.15. The van der Waals surface area contributed by atoms with E-state index in [2.05, 4.69) is 22.8 Å². The van der Waals surface area contributed by atoms with Crippen molar-refractivity contribution in [3.05, 3.63) is 12.2 Å². The van der Waals surface area contributed by atoms with Gasteiger partial charge in [-0.1, -0.05) is 12.2 Å². The molecule has 2 bridgehead atoms. The Morgan fingerprint density at radius 1 is 1.24 bits per heavy atom. The Morgan fingerprint density at radius 2 is 1.84 bits per heavy atom. The van der Waals surface area contributed by atoms with E-state index in [4.69, 9.17) is 4.74 Å². The lowest BCUT2D eigenvalue weighted by molar-refractivity contribution is -0.147. The zero-order chi connectivity index (χ0) is 17.6. The molecular weight excluding hydrogens is 322 g/mol. The fourth-order valence-electron chi connectivity index (χ4n) is 4.98. The highest BCUT2D eigenvalue weighted by molar-refractivity contribution is 6.06. The lowest BCUT2D eigenvalue weighted by atomic mass is 9.85. The van der Waals surface area contributed by atoms with Gasteiger partial charge in [0.2, 0.25) is 11.8 Å². The first kappa shape index (κ1) is 16.7. The normalized spacial score (nSPS) is 35.3. The fraction of sp³-hybridized carbons (Fsp3) is 0.722. The number of allylic oxidation sites excluding steroid dienone is 2. The predicted molar refractivity (Wildman–Crippen MR) is 89.3 cm³/mol. The van der Waals surface area contributed by atoms with Crippen LogP contribution in [0.4, 0.5) is 0 Å². The van der Waals surface area contributed by atoms with Crippen LogP contribution in [0.15, 0.2) is 12.2 Å². The van der Waals surface area contributed by atoms with Crippen LogP contribution in [-0.2, 0) is 19.1 Å². The van der Waals surface area contributed by atoms with Crippen LogP contribution in [0.5, 0.6) is 0 Å². The highest BCUT2D eigenvalue weighted by atomic mass is 16.5. The third-order valence-electron chi connectivity index (χ3n) is 6.40. The lowest BCUT2D eigenvalue weighted by Crippen LogP contribution is -2.55. The monoisotopic (exact) mass is 347 g/mol. The van der Waals surface area contributed by atoms with Crippen molar-refractivity contribution in [3.63, 3.8) is 0 Å². The maximum Gasteiger partial charge on any atom is 0.252 e. The van der Waals surface area contributed by atoms with E-state index in [1.807, 2.05) is 0 Å². The highest BCUT2D eigenvalue weighted by Crippen LogP contribution is 2.52. The number of rotatable bonds is 5. The third kappa shape index (κ3) is 2.52. The Hall–Kier alpha value is -1.73. The molecule has 136 valence electrons. The minimum absolute atomic E-state index is 0.0654. The molecule has 0 spiro atoms. The van der Waals surface area contributed by atoms with Gasteiger partial charge >= 0.3 is 0 Å². The second-order valence-electron chi connectivity index (χ2n) is 7.53. The molecule has 4 atom stereocenters. The van der Waals surface area contributed by atoms with E-state index in [0.717, 1.165) is 19.5 Å².